The number of nitrogens with one attached hydrogen (secondary N) is 1. The lowest BCUT2D eigenvalue weighted by atomic mass is 10.1. The van der Waals surface area contributed by atoms with E-state index in [4.69, 9.17) is 11.6 Å². The molecule has 2 aromatic carbocycles. The molecule has 0 bridgehead atoms. The van der Waals surface area contributed by atoms with Gasteiger partial charge in [0.25, 0.3) is 5.91 Å². The van der Waals surface area contributed by atoms with Crippen LogP contribution in [0.4, 0.5) is 29.7 Å². The minimum absolute atomic E-state index is 0.0638. The number of aryl methyl sites for hydroxylation is 1. The molecule has 0 fully saturated rings. The molecule has 1 heterocycles. The van der Waals surface area contributed by atoms with Gasteiger partial charge in [0.15, 0.2) is 5.13 Å². The molecule has 0 aliphatic heterocycles. The summed E-state index contributed by atoms with van der Waals surface area (Å²) < 4.78 is 39.7. The third kappa shape index (κ3) is 4.28. The van der Waals surface area contributed by atoms with Gasteiger partial charge in [-0.05, 0) is 37.3 Å². The van der Waals surface area contributed by atoms with E-state index in [0.717, 1.165) is 29.2 Å². The summed E-state index contributed by atoms with van der Waals surface area (Å²) in [5.74, 6) is -0.657. The van der Waals surface area contributed by atoms with E-state index in [1.165, 1.54) is 6.07 Å². The van der Waals surface area contributed by atoms with Crippen molar-refractivity contribution in [3.8, 4) is 0 Å². The van der Waals surface area contributed by atoms with Gasteiger partial charge in [0.05, 0.1) is 16.9 Å². The van der Waals surface area contributed by atoms with E-state index < -0.39 is 17.6 Å². The second-order valence-corrected chi connectivity index (χ2v) is 7.36. The predicted molar refractivity (Wildman–Crippen MR) is 106 cm³/mol. The summed E-state index contributed by atoms with van der Waals surface area (Å²) in [7, 11) is 1.80. The summed E-state index contributed by atoms with van der Waals surface area (Å²) in [4.78, 5) is 19.0. The lowest BCUT2D eigenvalue weighted by Gasteiger charge is -2.15. The minimum atomic E-state index is -4.64. The molecular formula is C19H15ClF3N3OS. The summed E-state index contributed by atoms with van der Waals surface area (Å²) in [6, 6.07) is 12.6. The molecule has 1 aromatic heterocycles. The van der Waals surface area contributed by atoms with Gasteiger partial charge in [-0.15, -0.1) is 0 Å². The zero-order valence-corrected chi connectivity index (χ0v) is 16.4. The van der Waals surface area contributed by atoms with Gasteiger partial charge in [-0.1, -0.05) is 41.1 Å². The molecule has 146 valence electrons. The summed E-state index contributed by atoms with van der Waals surface area (Å²) in [6.07, 6.45) is -4.64. The van der Waals surface area contributed by atoms with E-state index in [1.807, 2.05) is 30.3 Å². The fraction of sp³-hybridized carbons (Fsp3) is 0.158. The van der Waals surface area contributed by atoms with Gasteiger partial charge in [0, 0.05) is 17.8 Å². The Morgan fingerprint density at radius 2 is 1.86 bits per heavy atom. The van der Waals surface area contributed by atoms with Crippen molar-refractivity contribution in [3.05, 3.63) is 69.7 Å². The molecule has 0 aliphatic carbocycles. The maximum absolute atomic E-state index is 13.2. The zero-order valence-electron chi connectivity index (χ0n) is 14.8. The van der Waals surface area contributed by atoms with Crippen LogP contribution < -0.4 is 10.2 Å². The molecule has 1 amide bonds. The summed E-state index contributed by atoms with van der Waals surface area (Å²) in [5.41, 5.74) is -0.0483. The molecule has 1 N–H and O–H groups in total. The summed E-state index contributed by atoms with van der Waals surface area (Å²) >= 11 is 6.77. The molecule has 9 heteroatoms. The molecule has 4 nitrogen and oxygen atoms in total. The van der Waals surface area contributed by atoms with E-state index in [1.54, 1.807) is 18.9 Å². The smallest absolute Gasteiger partial charge is 0.321 e. The van der Waals surface area contributed by atoms with Crippen molar-refractivity contribution in [2.24, 2.45) is 0 Å². The second kappa shape index (κ2) is 7.81. The highest BCUT2D eigenvalue weighted by atomic mass is 35.5. The summed E-state index contributed by atoms with van der Waals surface area (Å²) in [5, 5.41) is 2.82. The van der Waals surface area contributed by atoms with Crippen molar-refractivity contribution in [1.29, 1.82) is 0 Å². The maximum atomic E-state index is 13.2. The van der Waals surface area contributed by atoms with E-state index in [9.17, 15) is 18.0 Å². The van der Waals surface area contributed by atoms with E-state index >= 15 is 0 Å². The average molecular weight is 426 g/mol. The highest BCUT2D eigenvalue weighted by Gasteiger charge is 2.34. The molecule has 3 aromatic rings. The Morgan fingerprint density at radius 3 is 2.50 bits per heavy atom. The highest BCUT2D eigenvalue weighted by Crippen LogP contribution is 2.37. The second-order valence-electron chi connectivity index (χ2n) is 5.95. The van der Waals surface area contributed by atoms with Crippen LogP contribution in [0.5, 0.6) is 0 Å². The van der Waals surface area contributed by atoms with Crippen LogP contribution in [0.3, 0.4) is 0 Å². The number of hydrogen-bond acceptors (Lipinski definition) is 4. The van der Waals surface area contributed by atoms with Gasteiger partial charge in [-0.3, -0.25) is 4.79 Å². The Bertz CT molecular complexity index is 1010. The number of carbonyl (C=O) groups excluding carboxylic acids is 1. The fourth-order valence-electron chi connectivity index (χ4n) is 2.54. The molecule has 3 rings (SSSR count). The average Bonchev–Trinajstić information content (AvgIpc) is 3.04. The third-order valence-corrected chi connectivity index (χ3v) is 5.42. The van der Waals surface area contributed by atoms with Crippen LogP contribution in [-0.2, 0) is 6.18 Å². The number of carbonyl (C=O) groups is 1. The molecule has 28 heavy (non-hydrogen) atoms. The zero-order chi connectivity index (χ0) is 20.5. The fourth-order valence-corrected chi connectivity index (χ4v) is 3.65. The number of thiazole rings is 1. The number of anilines is 3. The Hall–Kier alpha value is -2.58. The Labute approximate surface area is 168 Å². The largest absolute Gasteiger partial charge is 0.418 e. The monoisotopic (exact) mass is 425 g/mol. The molecule has 0 saturated carbocycles. The quantitative estimate of drug-likeness (QED) is 0.545. The number of aromatic nitrogens is 1. The Morgan fingerprint density at radius 1 is 1.18 bits per heavy atom. The van der Waals surface area contributed by atoms with Gasteiger partial charge < -0.3 is 10.2 Å². The first-order valence-corrected chi connectivity index (χ1v) is 9.30. The number of alkyl halides is 3. The Balaban J connectivity index is 1.88. The highest BCUT2D eigenvalue weighted by molar-refractivity contribution is 7.17. The van der Waals surface area contributed by atoms with Gasteiger partial charge in [0.2, 0.25) is 0 Å². The maximum Gasteiger partial charge on any atom is 0.418 e. The minimum Gasteiger partial charge on any atom is -0.321 e. The molecule has 0 aliphatic rings. The number of hydrogen-bond donors (Lipinski definition) is 1. The number of halogens is 4. The summed E-state index contributed by atoms with van der Waals surface area (Å²) in [6.45, 7) is 1.64. The molecule has 0 radical (unpaired) electrons. The first-order chi connectivity index (χ1) is 13.2. The molecule has 0 unspecified atom stereocenters. The first kappa shape index (κ1) is 20.2. The van der Waals surface area contributed by atoms with Crippen LogP contribution in [-0.4, -0.2) is 17.9 Å². The molecular weight excluding hydrogens is 411 g/mol. The van der Waals surface area contributed by atoms with E-state index in [0.29, 0.717) is 10.8 Å². The van der Waals surface area contributed by atoms with Crippen LogP contribution in [0.15, 0.2) is 48.5 Å². The predicted octanol–water partition coefficient (Wildman–Crippen LogP) is 6.14. The lowest BCUT2D eigenvalue weighted by molar-refractivity contribution is -0.136. The number of benzene rings is 2. The van der Waals surface area contributed by atoms with Crippen LogP contribution in [0.25, 0.3) is 0 Å². The van der Waals surface area contributed by atoms with Crippen molar-refractivity contribution in [2.45, 2.75) is 13.1 Å². The number of para-hydroxylation sites is 1. The van der Waals surface area contributed by atoms with Crippen molar-refractivity contribution < 1.29 is 18.0 Å². The van der Waals surface area contributed by atoms with Crippen LogP contribution in [0.1, 0.15) is 20.9 Å². The van der Waals surface area contributed by atoms with Crippen LogP contribution >= 0.6 is 22.9 Å². The SMILES string of the molecule is Cc1nc(N(C)c2ccccc2)sc1C(=O)Nc1ccc(Cl)cc1C(F)(F)F. The topological polar surface area (TPSA) is 45.2 Å². The Kier molecular flexibility index (Phi) is 5.62. The van der Waals surface area contributed by atoms with Gasteiger partial charge in [-0.25, -0.2) is 4.98 Å². The van der Waals surface area contributed by atoms with Gasteiger partial charge in [0.1, 0.15) is 4.88 Å². The van der Waals surface area contributed by atoms with Gasteiger partial charge >= 0.3 is 6.18 Å². The van der Waals surface area contributed by atoms with Crippen LogP contribution in [0, 0.1) is 6.92 Å². The van der Waals surface area contributed by atoms with Crippen LogP contribution in [0.2, 0.25) is 5.02 Å². The van der Waals surface area contributed by atoms with Gasteiger partial charge in [-0.2, -0.15) is 13.2 Å². The molecule has 0 atom stereocenters. The van der Waals surface area contributed by atoms with E-state index in [2.05, 4.69) is 10.3 Å². The first-order valence-electron chi connectivity index (χ1n) is 8.11. The van der Waals surface area contributed by atoms with Crippen molar-refractivity contribution >= 4 is 45.4 Å². The van der Waals surface area contributed by atoms with Crippen molar-refractivity contribution in [2.75, 3.05) is 17.3 Å². The number of nitrogens with zero attached hydrogens (tertiary/aromatic N) is 2. The lowest BCUT2D eigenvalue weighted by Crippen LogP contribution is -2.16. The standard InChI is InChI=1S/C19H15ClF3N3OS/c1-11-16(28-18(24-11)26(2)13-6-4-3-5-7-13)17(27)25-15-9-8-12(20)10-14(15)19(21,22)23/h3-10H,1-2H3,(H,25,27). The third-order valence-electron chi connectivity index (χ3n) is 3.96. The normalized spacial score (nSPS) is 11.4. The van der Waals surface area contributed by atoms with Crippen molar-refractivity contribution in [1.82, 2.24) is 4.98 Å². The van der Waals surface area contributed by atoms with E-state index in [-0.39, 0.29) is 15.6 Å². The molecule has 0 saturated heterocycles. The van der Waals surface area contributed by atoms with Crippen molar-refractivity contribution in [3.63, 3.8) is 0 Å². The number of rotatable bonds is 4. The number of amides is 1. The molecule has 0 spiro atoms.